The third-order valence-electron chi connectivity index (χ3n) is 6.23. The summed E-state index contributed by atoms with van der Waals surface area (Å²) < 4.78 is 5.21. The molecule has 0 unspecified atom stereocenters. The van der Waals surface area contributed by atoms with Crippen molar-refractivity contribution in [3.63, 3.8) is 0 Å². The van der Waals surface area contributed by atoms with E-state index in [1.807, 2.05) is 83.8 Å². The van der Waals surface area contributed by atoms with Gasteiger partial charge in [-0.15, -0.1) is 0 Å². The van der Waals surface area contributed by atoms with Crippen LogP contribution >= 0.6 is 11.8 Å². The van der Waals surface area contributed by atoms with Crippen LogP contribution in [0.3, 0.4) is 0 Å². The minimum Gasteiger partial charge on any atom is -0.497 e. The number of nitrogens with zero attached hydrogens (tertiary/aromatic N) is 1. The van der Waals surface area contributed by atoms with Crippen LogP contribution in [0.25, 0.3) is 0 Å². The standard InChI is InChI=1S/C27H28N2O3S/c1-20(30)29-18-16-27(17-19-29,21-6-4-3-5-7-21)26(31)28-22-8-12-24(13-9-22)33-25-14-10-23(32-2)11-15-25/h3-15H,16-19H2,1-2H3,(H,28,31). The lowest BCUT2D eigenvalue weighted by molar-refractivity contribution is -0.133. The number of methoxy groups -OCH3 is 1. The first-order chi connectivity index (χ1) is 16.0. The number of ether oxygens (including phenoxy) is 1. The van der Waals surface area contributed by atoms with Crippen LogP contribution in [0, 0.1) is 0 Å². The lowest BCUT2D eigenvalue weighted by Crippen LogP contribution is -2.50. The molecular weight excluding hydrogens is 432 g/mol. The van der Waals surface area contributed by atoms with Gasteiger partial charge >= 0.3 is 0 Å². The maximum absolute atomic E-state index is 13.6. The highest BCUT2D eigenvalue weighted by Gasteiger charge is 2.43. The molecule has 0 aliphatic carbocycles. The Bertz CT molecular complexity index is 1090. The van der Waals surface area contributed by atoms with Crippen molar-refractivity contribution in [2.45, 2.75) is 35.0 Å². The first kappa shape index (κ1) is 22.9. The van der Waals surface area contributed by atoms with E-state index in [2.05, 4.69) is 5.32 Å². The van der Waals surface area contributed by atoms with Crippen LogP contribution in [0.15, 0.2) is 88.7 Å². The van der Waals surface area contributed by atoms with Crippen LogP contribution in [0.4, 0.5) is 5.69 Å². The second-order valence-corrected chi connectivity index (χ2v) is 9.36. The fourth-order valence-corrected chi connectivity index (χ4v) is 5.06. The Morgan fingerprint density at radius 1 is 0.879 bits per heavy atom. The van der Waals surface area contributed by atoms with Crippen LogP contribution in [0.1, 0.15) is 25.3 Å². The lowest BCUT2D eigenvalue weighted by atomic mass is 9.72. The molecule has 1 N–H and O–H groups in total. The summed E-state index contributed by atoms with van der Waals surface area (Å²) in [5.41, 5.74) is 1.12. The summed E-state index contributed by atoms with van der Waals surface area (Å²) in [4.78, 5) is 29.4. The lowest BCUT2D eigenvalue weighted by Gasteiger charge is -2.40. The van der Waals surface area contributed by atoms with Crippen molar-refractivity contribution in [1.82, 2.24) is 4.90 Å². The molecule has 170 valence electrons. The van der Waals surface area contributed by atoms with E-state index in [-0.39, 0.29) is 11.8 Å². The Balaban J connectivity index is 1.48. The van der Waals surface area contributed by atoms with E-state index in [0.29, 0.717) is 25.9 Å². The van der Waals surface area contributed by atoms with Crippen LogP contribution in [-0.4, -0.2) is 36.9 Å². The average molecular weight is 461 g/mol. The minimum atomic E-state index is -0.649. The summed E-state index contributed by atoms with van der Waals surface area (Å²) in [6.45, 7) is 2.74. The number of carbonyl (C=O) groups is 2. The molecule has 3 aromatic carbocycles. The van der Waals surface area contributed by atoms with Gasteiger partial charge in [0.15, 0.2) is 0 Å². The van der Waals surface area contributed by atoms with Crippen molar-refractivity contribution in [2.24, 2.45) is 0 Å². The zero-order chi connectivity index (χ0) is 23.3. The van der Waals surface area contributed by atoms with Crippen molar-refractivity contribution in [3.8, 4) is 5.75 Å². The molecule has 2 amide bonds. The summed E-state index contributed by atoms with van der Waals surface area (Å²) in [5.74, 6) is 0.869. The van der Waals surface area contributed by atoms with Gasteiger partial charge in [0, 0.05) is 35.5 Å². The number of hydrogen-bond acceptors (Lipinski definition) is 4. The first-order valence-electron chi connectivity index (χ1n) is 11.0. The van der Waals surface area contributed by atoms with Gasteiger partial charge in [0.1, 0.15) is 5.75 Å². The van der Waals surface area contributed by atoms with Crippen molar-refractivity contribution in [1.29, 1.82) is 0 Å². The van der Waals surface area contributed by atoms with Crippen molar-refractivity contribution < 1.29 is 14.3 Å². The van der Waals surface area contributed by atoms with Gasteiger partial charge in [0.05, 0.1) is 12.5 Å². The number of anilines is 1. The number of rotatable bonds is 6. The molecular formula is C27H28N2O3S. The number of amides is 2. The zero-order valence-electron chi connectivity index (χ0n) is 18.9. The highest BCUT2D eigenvalue weighted by molar-refractivity contribution is 7.99. The second kappa shape index (κ2) is 10.1. The van der Waals surface area contributed by atoms with E-state index in [1.54, 1.807) is 25.8 Å². The number of benzene rings is 3. The third-order valence-corrected chi connectivity index (χ3v) is 7.25. The largest absolute Gasteiger partial charge is 0.497 e. The van der Waals surface area contributed by atoms with Gasteiger partial charge in [0.25, 0.3) is 0 Å². The summed E-state index contributed by atoms with van der Waals surface area (Å²) in [5, 5.41) is 3.13. The van der Waals surface area contributed by atoms with Crippen molar-refractivity contribution >= 4 is 29.3 Å². The molecule has 0 spiro atoms. The minimum absolute atomic E-state index is 0.0209. The van der Waals surface area contributed by atoms with E-state index >= 15 is 0 Å². The second-order valence-electron chi connectivity index (χ2n) is 8.21. The molecule has 0 bridgehead atoms. The molecule has 0 saturated carbocycles. The Morgan fingerprint density at radius 2 is 1.45 bits per heavy atom. The Labute approximate surface area is 199 Å². The highest BCUT2D eigenvalue weighted by Crippen LogP contribution is 2.37. The monoisotopic (exact) mass is 460 g/mol. The van der Waals surface area contributed by atoms with Crippen LogP contribution in [0.2, 0.25) is 0 Å². The molecule has 1 saturated heterocycles. The van der Waals surface area contributed by atoms with Gasteiger partial charge in [0.2, 0.25) is 11.8 Å². The first-order valence-corrected chi connectivity index (χ1v) is 11.9. The van der Waals surface area contributed by atoms with Crippen molar-refractivity contribution in [2.75, 3.05) is 25.5 Å². The van der Waals surface area contributed by atoms with Gasteiger partial charge in [-0.25, -0.2) is 0 Å². The Hall–Kier alpha value is -3.25. The van der Waals surface area contributed by atoms with Gasteiger partial charge in [-0.1, -0.05) is 42.1 Å². The van der Waals surface area contributed by atoms with E-state index in [1.165, 1.54) is 0 Å². The highest BCUT2D eigenvalue weighted by atomic mass is 32.2. The molecule has 1 aliphatic rings. The topological polar surface area (TPSA) is 58.6 Å². The number of hydrogen-bond donors (Lipinski definition) is 1. The molecule has 0 aromatic heterocycles. The van der Waals surface area contributed by atoms with Crippen molar-refractivity contribution in [3.05, 3.63) is 84.4 Å². The SMILES string of the molecule is COc1ccc(Sc2ccc(NC(=O)C3(c4ccccc4)CCN(C(C)=O)CC3)cc2)cc1. The average Bonchev–Trinajstić information content (AvgIpc) is 2.86. The van der Waals surface area contributed by atoms with Crippen LogP contribution in [0.5, 0.6) is 5.75 Å². The summed E-state index contributed by atoms with van der Waals surface area (Å²) in [6.07, 6.45) is 1.21. The molecule has 1 fully saturated rings. The van der Waals surface area contributed by atoms with E-state index in [9.17, 15) is 9.59 Å². The normalized spacial score (nSPS) is 15.0. The molecule has 3 aromatic rings. The maximum Gasteiger partial charge on any atom is 0.235 e. The number of carbonyl (C=O) groups excluding carboxylic acids is 2. The quantitative estimate of drug-likeness (QED) is 0.538. The van der Waals surface area contributed by atoms with Gasteiger partial charge in [-0.3, -0.25) is 9.59 Å². The summed E-state index contributed by atoms with van der Waals surface area (Å²) in [7, 11) is 1.66. The van der Waals surface area contributed by atoms with Crippen LogP contribution < -0.4 is 10.1 Å². The fourth-order valence-electron chi connectivity index (χ4n) is 4.24. The van der Waals surface area contributed by atoms with Crippen LogP contribution in [-0.2, 0) is 15.0 Å². The van der Waals surface area contributed by atoms with Gasteiger partial charge in [-0.2, -0.15) is 0 Å². The number of likely N-dealkylation sites (tertiary alicyclic amines) is 1. The third kappa shape index (κ3) is 5.22. The molecule has 5 nitrogen and oxygen atoms in total. The summed E-state index contributed by atoms with van der Waals surface area (Å²) >= 11 is 1.66. The molecule has 1 aliphatic heterocycles. The molecule has 6 heteroatoms. The van der Waals surface area contributed by atoms with E-state index < -0.39 is 5.41 Å². The smallest absolute Gasteiger partial charge is 0.235 e. The zero-order valence-corrected chi connectivity index (χ0v) is 19.7. The molecule has 33 heavy (non-hydrogen) atoms. The Morgan fingerprint density at radius 3 is 2.00 bits per heavy atom. The molecule has 0 radical (unpaired) electrons. The number of nitrogens with one attached hydrogen (secondary N) is 1. The molecule has 1 heterocycles. The van der Waals surface area contributed by atoms with E-state index in [0.717, 1.165) is 26.8 Å². The Kier molecular flexibility index (Phi) is 7.04. The van der Waals surface area contributed by atoms with E-state index in [4.69, 9.17) is 4.74 Å². The summed E-state index contributed by atoms with van der Waals surface area (Å²) in [6, 6.07) is 25.7. The number of piperidine rings is 1. The maximum atomic E-state index is 13.6. The predicted octanol–water partition coefficient (Wildman–Crippen LogP) is 5.37. The predicted molar refractivity (Wildman–Crippen MR) is 132 cm³/mol. The molecule has 4 rings (SSSR count). The molecule has 0 atom stereocenters. The van der Waals surface area contributed by atoms with Gasteiger partial charge < -0.3 is 15.0 Å². The van der Waals surface area contributed by atoms with Gasteiger partial charge in [-0.05, 0) is 66.9 Å². The fraction of sp³-hybridized carbons (Fsp3) is 0.259.